The number of aliphatic hydroxyl groups is 2. The van der Waals surface area contributed by atoms with Gasteiger partial charge in [0.1, 0.15) is 12.2 Å². The Kier molecular flexibility index (Phi) is 2.11. The minimum atomic E-state index is -1.59. The third-order valence-electron chi connectivity index (χ3n) is 6.50. The molecule has 19 heavy (non-hydrogen) atoms. The molecule has 106 valence electrons. The molecule has 2 N–H and O–H groups in total. The van der Waals surface area contributed by atoms with Gasteiger partial charge in [0.2, 0.25) is 5.79 Å². The van der Waals surface area contributed by atoms with Crippen LogP contribution in [0.3, 0.4) is 0 Å². The summed E-state index contributed by atoms with van der Waals surface area (Å²) in [5.74, 6) is -1.08. The molecule has 0 aromatic carbocycles. The van der Waals surface area contributed by atoms with Crippen LogP contribution >= 0.6 is 0 Å². The highest BCUT2D eigenvalue weighted by Gasteiger charge is 2.86. The molecule has 2 aliphatic carbocycles. The highest BCUT2D eigenvalue weighted by Crippen LogP contribution is 2.71. The Labute approximate surface area is 113 Å². The highest BCUT2D eigenvalue weighted by atomic mass is 16.7. The lowest BCUT2D eigenvalue weighted by Crippen LogP contribution is -2.66. The molecule has 4 heteroatoms. The minimum absolute atomic E-state index is 0.0350. The van der Waals surface area contributed by atoms with E-state index < -0.39 is 17.5 Å². The van der Waals surface area contributed by atoms with Crippen LogP contribution in [0.1, 0.15) is 33.1 Å². The number of ether oxygens (including phenoxy) is 2. The molecule has 4 aliphatic rings. The summed E-state index contributed by atoms with van der Waals surface area (Å²) in [6, 6.07) is 0. The topological polar surface area (TPSA) is 62.2 Å². The van der Waals surface area contributed by atoms with E-state index in [9.17, 15) is 10.2 Å². The zero-order valence-corrected chi connectivity index (χ0v) is 11.6. The summed E-state index contributed by atoms with van der Waals surface area (Å²) < 4.78 is 11.5. The maximum absolute atomic E-state index is 10.8. The van der Waals surface area contributed by atoms with Crippen molar-refractivity contribution < 1.29 is 19.7 Å². The second-order valence-corrected chi connectivity index (χ2v) is 7.07. The van der Waals surface area contributed by atoms with Gasteiger partial charge in [-0.2, -0.15) is 0 Å². The van der Waals surface area contributed by atoms with Crippen molar-refractivity contribution >= 4 is 0 Å². The molecule has 0 unspecified atom stereocenters. The number of rotatable bonds is 0. The third kappa shape index (κ3) is 1.06. The number of aliphatic hydroxyl groups excluding tert-OH is 1. The van der Waals surface area contributed by atoms with Gasteiger partial charge in [0.15, 0.2) is 5.60 Å². The van der Waals surface area contributed by atoms with E-state index in [1.807, 2.05) is 0 Å². The van der Waals surface area contributed by atoms with Gasteiger partial charge in [0.05, 0.1) is 6.61 Å². The third-order valence-corrected chi connectivity index (χ3v) is 6.50. The number of hydrogen-bond acceptors (Lipinski definition) is 4. The van der Waals surface area contributed by atoms with Gasteiger partial charge in [-0.25, -0.2) is 0 Å². The van der Waals surface area contributed by atoms with E-state index in [0.29, 0.717) is 5.92 Å². The Morgan fingerprint density at radius 2 is 2.11 bits per heavy atom. The molecular formula is C15H22O4. The first kappa shape index (κ1) is 12.3. The Morgan fingerprint density at radius 1 is 1.37 bits per heavy atom. The minimum Gasteiger partial charge on any atom is -0.387 e. The van der Waals surface area contributed by atoms with Crippen molar-refractivity contribution in [2.45, 2.75) is 56.7 Å². The molecule has 7 atom stereocenters. The van der Waals surface area contributed by atoms with Crippen LogP contribution in [0.4, 0.5) is 0 Å². The Morgan fingerprint density at radius 3 is 2.84 bits per heavy atom. The SMILES string of the molecule is C=C1CO[C@]2(O)[C@H](O)[C@H]3CCC[C@H](C)[C@@]3(C)[C@@H]3O[C@@]132. The molecule has 4 nitrogen and oxygen atoms in total. The second-order valence-electron chi connectivity index (χ2n) is 7.07. The van der Waals surface area contributed by atoms with Crippen LogP contribution in [0.15, 0.2) is 12.2 Å². The summed E-state index contributed by atoms with van der Waals surface area (Å²) in [7, 11) is 0. The van der Waals surface area contributed by atoms with E-state index >= 15 is 0 Å². The molecule has 2 saturated heterocycles. The largest absolute Gasteiger partial charge is 0.387 e. The summed E-state index contributed by atoms with van der Waals surface area (Å²) >= 11 is 0. The van der Waals surface area contributed by atoms with Gasteiger partial charge in [-0.05, 0) is 23.8 Å². The lowest BCUT2D eigenvalue weighted by molar-refractivity contribution is -0.288. The predicted molar refractivity (Wildman–Crippen MR) is 68.3 cm³/mol. The van der Waals surface area contributed by atoms with Crippen LogP contribution < -0.4 is 0 Å². The summed E-state index contributed by atoms with van der Waals surface area (Å²) in [4.78, 5) is 0. The normalized spacial score (nSPS) is 63.3. The summed E-state index contributed by atoms with van der Waals surface area (Å²) in [5, 5.41) is 21.6. The van der Waals surface area contributed by atoms with Gasteiger partial charge in [-0.1, -0.05) is 33.3 Å². The molecule has 0 aromatic rings. The second kappa shape index (κ2) is 3.25. The quantitative estimate of drug-likeness (QED) is 0.511. The Bertz CT molecular complexity index is 463. The fourth-order valence-corrected chi connectivity index (χ4v) is 5.08. The summed E-state index contributed by atoms with van der Waals surface area (Å²) in [6.07, 6.45) is 2.22. The van der Waals surface area contributed by atoms with E-state index in [2.05, 4.69) is 20.4 Å². The van der Waals surface area contributed by atoms with Crippen LogP contribution in [0.25, 0.3) is 0 Å². The smallest absolute Gasteiger partial charge is 0.229 e. The monoisotopic (exact) mass is 266 g/mol. The maximum atomic E-state index is 10.8. The van der Waals surface area contributed by atoms with Crippen molar-refractivity contribution in [2.24, 2.45) is 17.3 Å². The molecule has 2 heterocycles. The molecule has 0 radical (unpaired) electrons. The molecule has 4 fully saturated rings. The first-order valence-electron chi connectivity index (χ1n) is 7.29. The van der Waals surface area contributed by atoms with Gasteiger partial charge in [0.25, 0.3) is 0 Å². The van der Waals surface area contributed by atoms with Crippen molar-refractivity contribution in [1.29, 1.82) is 0 Å². The van der Waals surface area contributed by atoms with Crippen LogP contribution in [0, 0.1) is 17.3 Å². The van der Waals surface area contributed by atoms with E-state index in [4.69, 9.17) is 9.47 Å². The molecular weight excluding hydrogens is 244 g/mol. The van der Waals surface area contributed by atoms with Crippen molar-refractivity contribution in [3.8, 4) is 0 Å². The first-order valence-corrected chi connectivity index (χ1v) is 7.29. The first-order chi connectivity index (χ1) is 8.89. The number of epoxide rings is 1. The van der Waals surface area contributed by atoms with Gasteiger partial charge in [-0.15, -0.1) is 0 Å². The molecule has 2 saturated carbocycles. The van der Waals surface area contributed by atoms with Crippen molar-refractivity contribution in [1.82, 2.24) is 0 Å². The number of hydrogen-bond donors (Lipinski definition) is 2. The highest BCUT2D eigenvalue weighted by molar-refractivity contribution is 5.41. The molecule has 0 amide bonds. The summed E-state index contributed by atoms with van der Waals surface area (Å²) in [6.45, 7) is 8.72. The fourth-order valence-electron chi connectivity index (χ4n) is 5.08. The zero-order chi connectivity index (χ0) is 13.6. The standard InChI is InChI=1S/C15H22O4/c1-8-5-4-6-10-11(16)15(17)14(9(2)7-18-15)12(19-14)13(8,10)3/h8,10-12,16-17H,2,4-7H2,1,3H3/t8-,10+,11+,12-,13+,14-,15+/m0/s1. The molecule has 4 rings (SSSR count). The van der Waals surface area contributed by atoms with Crippen LogP contribution in [0.5, 0.6) is 0 Å². The molecule has 0 bridgehead atoms. The average Bonchev–Trinajstić information content (AvgIpc) is 3.09. The van der Waals surface area contributed by atoms with Gasteiger partial charge < -0.3 is 19.7 Å². The van der Waals surface area contributed by atoms with E-state index in [-0.39, 0.29) is 24.0 Å². The maximum Gasteiger partial charge on any atom is 0.229 e. The fraction of sp³-hybridized carbons (Fsp3) is 0.867. The van der Waals surface area contributed by atoms with Crippen LogP contribution in [-0.4, -0.2) is 40.4 Å². The van der Waals surface area contributed by atoms with Gasteiger partial charge in [-0.3, -0.25) is 0 Å². The molecule has 2 aliphatic heterocycles. The zero-order valence-electron chi connectivity index (χ0n) is 11.6. The van der Waals surface area contributed by atoms with Crippen molar-refractivity contribution in [3.05, 3.63) is 12.2 Å². The van der Waals surface area contributed by atoms with Crippen LogP contribution in [0.2, 0.25) is 0 Å². The molecule has 1 spiro atoms. The van der Waals surface area contributed by atoms with Gasteiger partial charge >= 0.3 is 0 Å². The van der Waals surface area contributed by atoms with Crippen LogP contribution in [-0.2, 0) is 9.47 Å². The Hall–Kier alpha value is -0.420. The van der Waals surface area contributed by atoms with E-state index in [1.54, 1.807) is 0 Å². The molecule has 0 aromatic heterocycles. The Balaban J connectivity index is 1.86. The van der Waals surface area contributed by atoms with Crippen molar-refractivity contribution in [3.63, 3.8) is 0 Å². The van der Waals surface area contributed by atoms with Crippen molar-refractivity contribution in [2.75, 3.05) is 6.61 Å². The average molecular weight is 266 g/mol. The summed E-state index contributed by atoms with van der Waals surface area (Å²) in [5.41, 5.74) is -0.180. The lowest BCUT2D eigenvalue weighted by Gasteiger charge is -2.54. The predicted octanol–water partition coefficient (Wildman–Crippen LogP) is 1.22. The van der Waals surface area contributed by atoms with Gasteiger partial charge in [0, 0.05) is 5.41 Å². The van der Waals surface area contributed by atoms with E-state index in [0.717, 1.165) is 24.8 Å². The number of fused-ring (bicyclic) bond motifs is 2. The van der Waals surface area contributed by atoms with E-state index in [1.165, 1.54) is 0 Å². The lowest BCUT2D eigenvalue weighted by atomic mass is 9.51.